The Hall–Kier alpha value is 0.177. The van der Waals surface area contributed by atoms with Crippen LogP contribution in [0.1, 0.15) is 40.0 Å². The van der Waals surface area contributed by atoms with Crippen molar-refractivity contribution in [1.29, 1.82) is 0 Å². The Kier molecular flexibility index (Phi) is 3.48. The van der Waals surface area contributed by atoms with Gasteiger partial charge in [-0.3, -0.25) is 0 Å². The molecule has 0 N–H and O–H groups in total. The molecule has 2 unspecified atom stereocenters. The summed E-state index contributed by atoms with van der Waals surface area (Å²) in [4.78, 5) is 0. The molecule has 0 bridgehead atoms. The minimum atomic E-state index is -1.38. The van der Waals surface area contributed by atoms with Crippen LogP contribution >= 0.6 is 0 Å². The summed E-state index contributed by atoms with van der Waals surface area (Å²) >= 11 is 0. The van der Waals surface area contributed by atoms with E-state index in [1.807, 2.05) is 0 Å². The summed E-state index contributed by atoms with van der Waals surface area (Å²) in [6.07, 6.45) is 4.54. The van der Waals surface area contributed by atoms with Gasteiger partial charge in [0.15, 0.2) is 8.32 Å². The van der Waals surface area contributed by atoms with Crippen molar-refractivity contribution < 1.29 is 4.43 Å². The van der Waals surface area contributed by atoms with E-state index in [0.29, 0.717) is 11.5 Å². The summed E-state index contributed by atoms with van der Waals surface area (Å²) in [5.41, 5.74) is 0.387. The summed E-state index contributed by atoms with van der Waals surface area (Å²) in [5, 5.41) is 0. The maximum atomic E-state index is 6.35. The molecular weight excluding hydrogens is 188 g/mol. The van der Waals surface area contributed by atoms with Gasteiger partial charge in [0.05, 0.1) is 6.10 Å². The van der Waals surface area contributed by atoms with E-state index in [2.05, 4.69) is 40.4 Å². The minimum Gasteiger partial charge on any atom is -0.414 e. The van der Waals surface area contributed by atoms with Gasteiger partial charge in [-0.15, -0.1) is 0 Å². The molecule has 2 atom stereocenters. The summed E-state index contributed by atoms with van der Waals surface area (Å²) in [6.45, 7) is 14.0. The molecule has 1 aliphatic carbocycles. The van der Waals surface area contributed by atoms with Gasteiger partial charge >= 0.3 is 0 Å². The van der Waals surface area contributed by atoms with Crippen LogP contribution < -0.4 is 0 Å². The summed E-state index contributed by atoms with van der Waals surface area (Å²) in [5.74, 6) is 0.741. The van der Waals surface area contributed by atoms with Crippen LogP contribution in [0.4, 0.5) is 0 Å². The normalized spacial score (nSPS) is 33.0. The average Bonchev–Trinajstić information content (AvgIpc) is 1.95. The zero-order valence-corrected chi connectivity index (χ0v) is 11.7. The SMILES string of the molecule is CC1CCCC(C)(C)C1O[Si](C)(C)C. The first-order valence-corrected chi connectivity index (χ1v) is 9.31. The zero-order valence-electron chi connectivity index (χ0n) is 10.7. The van der Waals surface area contributed by atoms with Gasteiger partial charge in [-0.1, -0.05) is 27.2 Å². The average molecular weight is 214 g/mol. The van der Waals surface area contributed by atoms with Crippen LogP contribution in [-0.4, -0.2) is 14.4 Å². The molecule has 0 heterocycles. The fraction of sp³-hybridized carbons (Fsp3) is 1.00. The fourth-order valence-corrected chi connectivity index (χ4v) is 3.91. The van der Waals surface area contributed by atoms with Crippen LogP contribution in [0, 0.1) is 11.3 Å². The van der Waals surface area contributed by atoms with Crippen molar-refractivity contribution in [3.05, 3.63) is 0 Å². The third-order valence-electron chi connectivity index (χ3n) is 3.25. The first-order valence-electron chi connectivity index (χ1n) is 5.90. The van der Waals surface area contributed by atoms with Crippen molar-refractivity contribution in [2.24, 2.45) is 11.3 Å². The van der Waals surface area contributed by atoms with Crippen molar-refractivity contribution in [1.82, 2.24) is 0 Å². The second kappa shape index (κ2) is 3.97. The smallest absolute Gasteiger partial charge is 0.184 e. The molecule has 1 saturated carbocycles. The Bertz CT molecular complexity index is 193. The monoisotopic (exact) mass is 214 g/mol. The highest BCUT2D eigenvalue weighted by Crippen LogP contribution is 2.41. The molecule has 14 heavy (non-hydrogen) atoms. The summed E-state index contributed by atoms with van der Waals surface area (Å²) < 4.78 is 6.35. The van der Waals surface area contributed by atoms with Crippen LogP contribution in [-0.2, 0) is 4.43 Å². The van der Waals surface area contributed by atoms with Gasteiger partial charge < -0.3 is 4.43 Å². The van der Waals surface area contributed by atoms with Crippen molar-refractivity contribution >= 4 is 8.32 Å². The van der Waals surface area contributed by atoms with Crippen molar-refractivity contribution in [2.75, 3.05) is 0 Å². The molecule has 0 aromatic carbocycles. The number of hydrogen-bond acceptors (Lipinski definition) is 1. The number of hydrogen-bond donors (Lipinski definition) is 0. The van der Waals surface area contributed by atoms with E-state index in [1.54, 1.807) is 0 Å². The fourth-order valence-electron chi connectivity index (χ4n) is 2.60. The molecule has 0 spiro atoms. The lowest BCUT2D eigenvalue weighted by atomic mass is 9.70. The maximum absolute atomic E-state index is 6.35. The lowest BCUT2D eigenvalue weighted by molar-refractivity contribution is -0.0116. The Morgan fingerprint density at radius 3 is 2.21 bits per heavy atom. The first kappa shape index (κ1) is 12.2. The van der Waals surface area contributed by atoms with Gasteiger partial charge in [0.2, 0.25) is 0 Å². The Morgan fingerprint density at radius 2 is 1.79 bits per heavy atom. The van der Waals surface area contributed by atoms with Crippen molar-refractivity contribution in [3.63, 3.8) is 0 Å². The molecule has 1 fully saturated rings. The maximum Gasteiger partial charge on any atom is 0.184 e. The quantitative estimate of drug-likeness (QED) is 0.630. The Labute approximate surface area is 90.4 Å². The molecule has 0 saturated heterocycles. The third-order valence-corrected chi connectivity index (χ3v) is 4.21. The second-order valence-electron chi connectivity index (χ2n) is 6.51. The van der Waals surface area contributed by atoms with Crippen LogP contribution in [0.15, 0.2) is 0 Å². The molecule has 84 valence electrons. The van der Waals surface area contributed by atoms with E-state index < -0.39 is 8.32 Å². The topological polar surface area (TPSA) is 9.23 Å². The highest BCUT2D eigenvalue weighted by Gasteiger charge is 2.39. The highest BCUT2D eigenvalue weighted by molar-refractivity contribution is 6.69. The predicted octanol–water partition coefficient (Wildman–Crippen LogP) is 4.05. The molecule has 1 nitrogen and oxygen atoms in total. The van der Waals surface area contributed by atoms with Crippen molar-refractivity contribution in [2.45, 2.75) is 65.8 Å². The van der Waals surface area contributed by atoms with Crippen LogP contribution in [0.5, 0.6) is 0 Å². The molecule has 0 aliphatic heterocycles. The molecule has 1 rings (SSSR count). The minimum absolute atomic E-state index is 0.387. The van der Waals surface area contributed by atoms with Crippen molar-refractivity contribution in [3.8, 4) is 0 Å². The van der Waals surface area contributed by atoms with E-state index in [1.165, 1.54) is 19.3 Å². The van der Waals surface area contributed by atoms with Crippen LogP contribution in [0.2, 0.25) is 19.6 Å². The van der Waals surface area contributed by atoms with Crippen LogP contribution in [0.25, 0.3) is 0 Å². The molecule has 0 aromatic rings. The van der Waals surface area contributed by atoms with Gasteiger partial charge in [0.25, 0.3) is 0 Å². The predicted molar refractivity (Wildman–Crippen MR) is 65.0 cm³/mol. The lowest BCUT2D eigenvalue weighted by Gasteiger charge is -2.45. The molecule has 1 aliphatic rings. The molecule has 2 heteroatoms. The first-order chi connectivity index (χ1) is 6.22. The summed E-state index contributed by atoms with van der Waals surface area (Å²) in [7, 11) is -1.38. The molecule has 0 radical (unpaired) electrons. The van der Waals surface area contributed by atoms with E-state index >= 15 is 0 Å². The van der Waals surface area contributed by atoms with Crippen LogP contribution in [0.3, 0.4) is 0 Å². The molecule has 0 aromatic heterocycles. The van der Waals surface area contributed by atoms with Gasteiger partial charge in [0.1, 0.15) is 0 Å². The number of rotatable bonds is 2. The van der Waals surface area contributed by atoms with Gasteiger partial charge in [-0.05, 0) is 43.8 Å². The largest absolute Gasteiger partial charge is 0.414 e. The third kappa shape index (κ3) is 3.09. The molecular formula is C12H26OSi. The zero-order chi connectivity index (χ0) is 11.0. The Morgan fingerprint density at radius 1 is 1.21 bits per heavy atom. The Balaban J connectivity index is 2.71. The highest BCUT2D eigenvalue weighted by atomic mass is 28.4. The van der Waals surface area contributed by atoms with Gasteiger partial charge in [-0.2, -0.15) is 0 Å². The second-order valence-corrected chi connectivity index (χ2v) is 11.0. The molecule has 0 amide bonds. The summed E-state index contributed by atoms with van der Waals surface area (Å²) in [6, 6.07) is 0. The van der Waals surface area contributed by atoms with E-state index in [9.17, 15) is 0 Å². The van der Waals surface area contributed by atoms with E-state index in [4.69, 9.17) is 4.43 Å². The van der Waals surface area contributed by atoms with E-state index in [0.717, 1.165) is 5.92 Å². The van der Waals surface area contributed by atoms with Gasteiger partial charge in [-0.25, -0.2) is 0 Å². The van der Waals surface area contributed by atoms with E-state index in [-0.39, 0.29) is 0 Å². The standard InChI is InChI=1S/C12H26OSi/c1-10-8-7-9-12(2,3)11(10)13-14(4,5)6/h10-11H,7-9H2,1-6H3. The lowest BCUT2D eigenvalue weighted by Crippen LogP contribution is -2.46. The van der Waals surface area contributed by atoms with Gasteiger partial charge in [0, 0.05) is 0 Å².